The van der Waals surface area contributed by atoms with Gasteiger partial charge in [0.05, 0.1) is 23.1 Å². The highest BCUT2D eigenvalue weighted by atomic mass is 32.2. The largest absolute Gasteiger partial charge is 0.372 e. The fraction of sp³-hybridized carbons (Fsp3) is 0.526. The number of nitrogens with zero attached hydrogens (tertiary/aromatic N) is 2. The number of benzene rings is 1. The maximum atomic E-state index is 11.2. The van der Waals surface area contributed by atoms with Gasteiger partial charge < -0.3 is 4.74 Å². The van der Waals surface area contributed by atoms with E-state index in [1.807, 2.05) is 18.2 Å². The minimum atomic E-state index is -3.12. The van der Waals surface area contributed by atoms with E-state index in [-0.39, 0.29) is 5.60 Å². The summed E-state index contributed by atoms with van der Waals surface area (Å²) in [7, 11) is -3.12. The van der Waals surface area contributed by atoms with E-state index in [0.29, 0.717) is 12.5 Å². The van der Waals surface area contributed by atoms with Crippen molar-refractivity contribution in [3.63, 3.8) is 0 Å². The molecule has 2 aromatic rings. The lowest BCUT2D eigenvalue weighted by Gasteiger charge is -2.50. The van der Waals surface area contributed by atoms with Crippen LogP contribution in [0.15, 0.2) is 36.4 Å². The first-order valence-corrected chi connectivity index (χ1v) is 11.0. The van der Waals surface area contributed by atoms with Crippen molar-refractivity contribution in [2.75, 3.05) is 32.5 Å². The van der Waals surface area contributed by atoms with Gasteiger partial charge in [-0.2, -0.15) is 0 Å². The molecular weight excluding hydrogens is 350 g/mol. The molecular formula is C19H25N3O3S. The van der Waals surface area contributed by atoms with E-state index in [1.54, 1.807) is 0 Å². The minimum Gasteiger partial charge on any atom is -0.372 e. The summed E-state index contributed by atoms with van der Waals surface area (Å²) in [5, 5.41) is 1.16. The fourth-order valence-electron chi connectivity index (χ4n) is 4.21. The molecule has 2 aliphatic rings. The number of sulfonamides is 1. The third-order valence-electron chi connectivity index (χ3n) is 5.48. The molecule has 6 nitrogen and oxygen atoms in total. The summed E-state index contributed by atoms with van der Waals surface area (Å²) in [5.41, 5.74) is 2.00. The number of fused-ring (bicyclic) bond motifs is 1. The second-order valence-corrected chi connectivity index (χ2v) is 9.33. The number of aromatic nitrogens is 1. The Balaban J connectivity index is 1.34. The van der Waals surface area contributed by atoms with Crippen LogP contribution in [0.5, 0.6) is 0 Å². The summed E-state index contributed by atoms with van der Waals surface area (Å²) in [6, 6.07) is 12.4. The van der Waals surface area contributed by atoms with Crippen LogP contribution in [0.3, 0.4) is 0 Å². The molecule has 1 unspecified atom stereocenters. The number of nitrogens with one attached hydrogen (secondary N) is 1. The first kappa shape index (κ1) is 17.9. The zero-order valence-electron chi connectivity index (χ0n) is 15.0. The molecule has 1 aromatic carbocycles. The van der Waals surface area contributed by atoms with E-state index in [2.05, 4.69) is 27.8 Å². The molecule has 1 spiro atoms. The molecule has 26 heavy (non-hydrogen) atoms. The number of ether oxygens (including phenoxy) is 1. The number of hydrogen-bond donors (Lipinski definition) is 1. The van der Waals surface area contributed by atoms with Crippen molar-refractivity contribution in [2.24, 2.45) is 5.92 Å². The normalized spacial score (nSPS) is 22.7. The van der Waals surface area contributed by atoms with Crippen molar-refractivity contribution in [3.05, 3.63) is 42.1 Å². The Bertz CT molecular complexity index is 894. The Hall–Kier alpha value is -1.54. The third-order valence-corrected chi connectivity index (χ3v) is 6.21. The van der Waals surface area contributed by atoms with Crippen molar-refractivity contribution >= 4 is 20.9 Å². The van der Waals surface area contributed by atoms with Crippen LogP contribution in [0, 0.1) is 5.92 Å². The minimum absolute atomic E-state index is 0.101. The number of rotatable bonds is 6. The molecule has 1 aromatic heterocycles. The van der Waals surface area contributed by atoms with E-state index in [0.717, 1.165) is 55.7 Å². The van der Waals surface area contributed by atoms with Crippen molar-refractivity contribution in [1.29, 1.82) is 0 Å². The van der Waals surface area contributed by atoms with Crippen LogP contribution in [0.1, 0.15) is 18.5 Å². The highest BCUT2D eigenvalue weighted by Gasteiger charge is 2.52. The maximum Gasteiger partial charge on any atom is 0.208 e. The van der Waals surface area contributed by atoms with Gasteiger partial charge in [0.25, 0.3) is 0 Å². The maximum absolute atomic E-state index is 11.2. The van der Waals surface area contributed by atoms with Gasteiger partial charge in [0.2, 0.25) is 10.0 Å². The van der Waals surface area contributed by atoms with E-state index >= 15 is 0 Å². The third kappa shape index (κ3) is 3.76. The van der Waals surface area contributed by atoms with Crippen molar-refractivity contribution in [2.45, 2.75) is 25.0 Å². The van der Waals surface area contributed by atoms with Crippen LogP contribution in [0.4, 0.5) is 0 Å². The molecule has 3 heterocycles. The fourth-order valence-corrected chi connectivity index (χ4v) is 4.70. The number of hydrogen-bond acceptors (Lipinski definition) is 5. The molecule has 140 valence electrons. The van der Waals surface area contributed by atoms with Crippen LogP contribution < -0.4 is 4.72 Å². The average molecular weight is 375 g/mol. The molecule has 0 radical (unpaired) electrons. The van der Waals surface area contributed by atoms with Crippen LogP contribution in [-0.4, -0.2) is 56.4 Å². The smallest absolute Gasteiger partial charge is 0.208 e. The number of pyridine rings is 1. The standard InChI is InChI=1S/C19H25N3O3S/c1-26(23,24)20-10-8-16-9-11-25-19(16)13-22(14-19)12-17-7-6-15-4-2-3-5-18(15)21-17/h2-7,16,20H,8-14H2,1H3. The summed E-state index contributed by atoms with van der Waals surface area (Å²) >= 11 is 0. The second kappa shape index (κ2) is 6.88. The lowest BCUT2D eigenvalue weighted by molar-refractivity contribution is -0.137. The van der Waals surface area contributed by atoms with Gasteiger partial charge in [-0.25, -0.2) is 13.1 Å². The topological polar surface area (TPSA) is 71.5 Å². The van der Waals surface area contributed by atoms with E-state index in [9.17, 15) is 8.42 Å². The average Bonchev–Trinajstić information content (AvgIpc) is 2.97. The van der Waals surface area contributed by atoms with Gasteiger partial charge in [-0.05, 0) is 30.9 Å². The molecule has 0 bridgehead atoms. The molecule has 2 saturated heterocycles. The molecule has 2 aliphatic heterocycles. The Morgan fingerprint density at radius 1 is 1.27 bits per heavy atom. The SMILES string of the molecule is CS(=O)(=O)NCCC1CCOC12CN(Cc1ccc3ccccc3n1)C2. The van der Waals surface area contributed by atoms with Crippen LogP contribution >= 0.6 is 0 Å². The molecule has 0 aliphatic carbocycles. The molecule has 1 atom stereocenters. The van der Waals surface area contributed by atoms with Crippen molar-refractivity contribution < 1.29 is 13.2 Å². The molecule has 0 amide bonds. The Kier molecular flexibility index (Phi) is 4.73. The van der Waals surface area contributed by atoms with Crippen LogP contribution in [-0.2, 0) is 21.3 Å². The summed E-state index contributed by atoms with van der Waals surface area (Å²) in [4.78, 5) is 7.11. The monoisotopic (exact) mass is 375 g/mol. The highest BCUT2D eigenvalue weighted by molar-refractivity contribution is 7.88. The zero-order chi connectivity index (χ0) is 18.2. The Labute approximate surface area is 154 Å². The van der Waals surface area contributed by atoms with E-state index in [1.165, 1.54) is 6.26 Å². The van der Waals surface area contributed by atoms with Gasteiger partial charge in [0.15, 0.2) is 0 Å². The number of para-hydroxylation sites is 1. The van der Waals surface area contributed by atoms with Crippen LogP contribution in [0.25, 0.3) is 10.9 Å². The summed E-state index contributed by atoms with van der Waals surface area (Å²) < 4.78 is 31.1. The quantitative estimate of drug-likeness (QED) is 0.833. The summed E-state index contributed by atoms with van der Waals surface area (Å²) in [6.07, 6.45) is 3.04. The molecule has 1 N–H and O–H groups in total. The second-order valence-electron chi connectivity index (χ2n) is 7.49. The predicted molar refractivity (Wildman–Crippen MR) is 101 cm³/mol. The van der Waals surface area contributed by atoms with Gasteiger partial charge in [-0.15, -0.1) is 0 Å². The first-order valence-electron chi connectivity index (χ1n) is 9.09. The van der Waals surface area contributed by atoms with Gasteiger partial charge in [-0.1, -0.05) is 24.3 Å². The highest BCUT2D eigenvalue weighted by Crippen LogP contribution is 2.42. The zero-order valence-corrected chi connectivity index (χ0v) is 15.8. The van der Waals surface area contributed by atoms with Gasteiger partial charge in [-0.3, -0.25) is 9.88 Å². The lowest BCUT2D eigenvalue weighted by Crippen LogP contribution is -2.64. The Morgan fingerprint density at radius 2 is 2.08 bits per heavy atom. The van der Waals surface area contributed by atoms with Gasteiger partial charge in [0.1, 0.15) is 0 Å². The summed E-state index contributed by atoms with van der Waals surface area (Å²) in [6.45, 7) is 3.87. The molecule has 4 rings (SSSR count). The van der Waals surface area contributed by atoms with Crippen molar-refractivity contribution in [3.8, 4) is 0 Å². The van der Waals surface area contributed by atoms with Crippen molar-refractivity contribution in [1.82, 2.24) is 14.6 Å². The number of likely N-dealkylation sites (tertiary alicyclic amines) is 1. The van der Waals surface area contributed by atoms with Gasteiger partial charge in [0, 0.05) is 38.2 Å². The molecule has 7 heteroatoms. The summed E-state index contributed by atoms with van der Waals surface area (Å²) in [5.74, 6) is 0.414. The van der Waals surface area contributed by atoms with Crippen LogP contribution in [0.2, 0.25) is 0 Å². The molecule has 0 saturated carbocycles. The molecule has 2 fully saturated rings. The lowest BCUT2D eigenvalue weighted by atomic mass is 9.79. The van der Waals surface area contributed by atoms with E-state index in [4.69, 9.17) is 9.72 Å². The predicted octanol–water partition coefficient (Wildman–Crippen LogP) is 1.77. The first-order chi connectivity index (χ1) is 12.4. The Morgan fingerprint density at radius 3 is 2.88 bits per heavy atom. The van der Waals surface area contributed by atoms with E-state index < -0.39 is 10.0 Å². The van der Waals surface area contributed by atoms with Gasteiger partial charge >= 0.3 is 0 Å².